The Balaban J connectivity index is 2.82. The second-order valence-electron chi connectivity index (χ2n) is 4.26. The van der Waals surface area contributed by atoms with E-state index in [-0.39, 0.29) is 0 Å². The van der Waals surface area contributed by atoms with Crippen LogP contribution in [-0.2, 0) is 6.42 Å². The van der Waals surface area contributed by atoms with Crippen LogP contribution in [0.5, 0.6) is 5.75 Å². The van der Waals surface area contributed by atoms with E-state index in [1.165, 1.54) is 0 Å². The topological polar surface area (TPSA) is 9.23 Å². The molecule has 0 saturated heterocycles. The molecule has 1 nitrogen and oxygen atoms in total. The van der Waals surface area contributed by atoms with E-state index < -0.39 is 0 Å². The molecule has 0 radical (unpaired) electrons. The van der Waals surface area contributed by atoms with Crippen LogP contribution in [0.2, 0.25) is 5.02 Å². The molecule has 18 heavy (non-hydrogen) atoms. The smallest absolute Gasteiger partial charge is 0.122 e. The average molecular weight is 265 g/mol. The predicted molar refractivity (Wildman–Crippen MR) is 78.4 cm³/mol. The summed E-state index contributed by atoms with van der Waals surface area (Å²) in [7, 11) is 0. The highest BCUT2D eigenvalue weighted by atomic mass is 35.5. The molecule has 0 aliphatic carbocycles. The lowest BCUT2D eigenvalue weighted by Crippen LogP contribution is -2.00. The van der Waals surface area contributed by atoms with E-state index in [0.717, 1.165) is 54.2 Å². The van der Waals surface area contributed by atoms with Gasteiger partial charge < -0.3 is 4.74 Å². The number of ether oxygens (including phenoxy) is 1. The standard InChI is InChI=1S/C16H21ClO/c1-4-6-7-8-9-14-12-15(17)13(3)11-16(14)18-10-5-2/h11-12H,4-5,8-10H2,1-3H3. The Labute approximate surface area is 115 Å². The lowest BCUT2D eigenvalue weighted by molar-refractivity contribution is 0.314. The zero-order valence-electron chi connectivity index (χ0n) is 11.5. The van der Waals surface area contributed by atoms with Crippen LogP contribution < -0.4 is 4.74 Å². The highest BCUT2D eigenvalue weighted by Crippen LogP contribution is 2.27. The zero-order valence-corrected chi connectivity index (χ0v) is 12.2. The fourth-order valence-electron chi connectivity index (χ4n) is 1.65. The maximum absolute atomic E-state index is 6.17. The molecule has 0 saturated carbocycles. The van der Waals surface area contributed by atoms with Crippen molar-refractivity contribution in [2.75, 3.05) is 6.61 Å². The first-order valence-corrected chi connectivity index (χ1v) is 6.94. The van der Waals surface area contributed by atoms with E-state index in [9.17, 15) is 0 Å². The molecular weight excluding hydrogens is 244 g/mol. The summed E-state index contributed by atoms with van der Waals surface area (Å²) >= 11 is 6.17. The molecular formula is C16H21ClO. The first-order valence-electron chi connectivity index (χ1n) is 6.56. The quantitative estimate of drug-likeness (QED) is 0.695. The van der Waals surface area contributed by atoms with E-state index in [0.29, 0.717) is 0 Å². The molecule has 0 fully saturated rings. The summed E-state index contributed by atoms with van der Waals surface area (Å²) in [6.07, 6.45) is 3.67. The van der Waals surface area contributed by atoms with Gasteiger partial charge in [-0.15, -0.1) is 11.8 Å². The van der Waals surface area contributed by atoms with Crippen LogP contribution in [0.15, 0.2) is 12.1 Å². The second-order valence-corrected chi connectivity index (χ2v) is 4.67. The van der Waals surface area contributed by atoms with E-state index in [2.05, 4.69) is 25.7 Å². The summed E-state index contributed by atoms with van der Waals surface area (Å²) in [5, 5.41) is 0.803. The van der Waals surface area contributed by atoms with Gasteiger partial charge in [-0.3, -0.25) is 0 Å². The maximum Gasteiger partial charge on any atom is 0.122 e. The summed E-state index contributed by atoms with van der Waals surface area (Å²) in [5.74, 6) is 7.19. The Morgan fingerprint density at radius 1 is 1.22 bits per heavy atom. The first kappa shape index (κ1) is 14.9. The van der Waals surface area contributed by atoms with Crippen molar-refractivity contribution in [1.29, 1.82) is 0 Å². The van der Waals surface area contributed by atoms with E-state index in [1.54, 1.807) is 0 Å². The fourth-order valence-corrected chi connectivity index (χ4v) is 1.83. The molecule has 0 atom stereocenters. The number of aryl methyl sites for hydroxylation is 2. The molecule has 0 N–H and O–H groups in total. The highest BCUT2D eigenvalue weighted by molar-refractivity contribution is 6.31. The normalized spacial score (nSPS) is 9.78. The van der Waals surface area contributed by atoms with E-state index in [4.69, 9.17) is 16.3 Å². The predicted octanol–water partition coefficient (Wildman–Crippen LogP) is 4.78. The molecule has 0 aliphatic heterocycles. The second kappa shape index (κ2) is 8.06. The van der Waals surface area contributed by atoms with Crippen LogP contribution in [-0.4, -0.2) is 6.61 Å². The lowest BCUT2D eigenvalue weighted by atomic mass is 10.1. The molecule has 0 aromatic heterocycles. The molecule has 1 aromatic rings. The van der Waals surface area contributed by atoms with Gasteiger partial charge in [0.2, 0.25) is 0 Å². The van der Waals surface area contributed by atoms with Gasteiger partial charge in [-0.2, -0.15) is 0 Å². The van der Waals surface area contributed by atoms with Crippen LogP contribution >= 0.6 is 11.6 Å². The molecule has 0 unspecified atom stereocenters. The van der Waals surface area contributed by atoms with Crippen molar-refractivity contribution in [3.8, 4) is 17.6 Å². The Bertz CT molecular complexity index is 440. The fraction of sp³-hybridized carbons (Fsp3) is 0.500. The summed E-state index contributed by atoms with van der Waals surface area (Å²) in [6.45, 7) is 6.91. The summed E-state index contributed by atoms with van der Waals surface area (Å²) < 4.78 is 5.77. The third-order valence-electron chi connectivity index (χ3n) is 2.62. The molecule has 0 bridgehead atoms. The number of halogens is 1. The summed E-state index contributed by atoms with van der Waals surface area (Å²) in [6, 6.07) is 4.04. The molecule has 2 heteroatoms. The van der Waals surface area contributed by atoms with Gasteiger partial charge in [0.25, 0.3) is 0 Å². The van der Waals surface area contributed by atoms with Gasteiger partial charge >= 0.3 is 0 Å². The maximum atomic E-state index is 6.17. The van der Waals surface area contributed by atoms with Crippen molar-refractivity contribution in [3.05, 3.63) is 28.3 Å². The van der Waals surface area contributed by atoms with Gasteiger partial charge in [0.05, 0.1) is 6.61 Å². The molecule has 1 rings (SSSR count). The monoisotopic (exact) mass is 264 g/mol. The number of benzene rings is 1. The molecule has 0 aliphatic rings. The van der Waals surface area contributed by atoms with Gasteiger partial charge in [0.15, 0.2) is 0 Å². The minimum Gasteiger partial charge on any atom is -0.493 e. The van der Waals surface area contributed by atoms with Crippen molar-refractivity contribution in [1.82, 2.24) is 0 Å². The molecule has 0 amide bonds. The van der Waals surface area contributed by atoms with E-state index >= 15 is 0 Å². The van der Waals surface area contributed by atoms with Gasteiger partial charge in [0, 0.05) is 17.9 Å². The Morgan fingerprint density at radius 3 is 2.67 bits per heavy atom. The number of hydrogen-bond acceptors (Lipinski definition) is 1. The minimum atomic E-state index is 0.745. The third-order valence-corrected chi connectivity index (χ3v) is 3.03. The molecule has 98 valence electrons. The van der Waals surface area contributed by atoms with Crippen molar-refractivity contribution < 1.29 is 4.74 Å². The van der Waals surface area contributed by atoms with Gasteiger partial charge in [-0.1, -0.05) is 25.4 Å². The van der Waals surface area contributed by atoms with Crippen LogP contribution in [0.25, 0.3) is 0 Å². The first-order chi connectivity index (χ1) is 8.69. The van der Waals surface area contributed by atoms with Crippen LogP contribution in [0.3, 0.4) is 0 Å². The van der Waals surface area contributed by atoms with Crippen LogP contribution in [0, 0.1) is 18.8 Å². The van der Waals surface area contributed by atoms with Gasteiger partial charge in [0.1, 0.15) is 5.75 Å². The van der Waals surface area contributed by atoms with Gasteiger partial charge in [-0.05, 0) is 43.0 Å². The van der Waals surface area contributed by atoms with Crippen molar-refractivity contribution in [2.45, 2.75) is 46.5 Å². The molecule has 0 spiro atoms. The van der Waals surface area contributed by atoms with Crippen molar-refractivity contribution in [2.24, 2.45) is 0 Å². The minimum absolute atomic E-state index is 0.745. The number of rotatable bonds is 5. The Kier molecular flexibility index (Phi) is 6.68. The van der Waals surface area contributed by atoms with Crippen molar-refractivity contribution >= 4 is 11.6 Å². The SMILES string of the molecule is CCC#CCCc1cc(Cl)c(C)cc1OCCC. The zero-order chi connectivity index (χ0) is 13.4. The highest BCUT2D eigenvalue weighted by Gasteiger charge is 2.07. The summed E-state index contributed by atoms with van der Waals surface area (Å²) in [5.41, 5.74) is 2.22. The molecule has 1 aromatic carbocycles. The van der Waals surface area contributed by atoms with E-state index in [1.807, 2.05) is 19.1 Å². The third kappa shape index (κ3) is 4.63. The van der Waals surface area contributed by atoms with Crippen LogP contribution in [0.4, 0.5) is 0 Å². The lowest BCUT2D eigenvalue weighted by Gasteiger charge is -2.12. The number of hydrogen-bond donors (Lipinski definition) is 0. The Hall–Kier alpha value is -1.13. The Morgan fingerprint density at radius 2 is 2.00 bits per heavy atom. The summed E-state index contributed by atoms with van der Waals surface area (Å²) in [4.78, 5) is 0. The average Bonchev–Trinajstić information content (AvgIpc) is 2.36. The van der Waals surface area contributed by atoms with Crippen molar-refractivity contribution in [3.63, 3.8) is 0 Å². The van der Waals surface area contributed by atoms with Gasteiger partial charge in [-0.25, -0.2) is 0 Å². The molecule has 0 heterocycles. The van der Waals surface area contributed by atoms with Crippen LogP contribution in [0.1, 0.15) is 44.2 Å². The largest absolute Gasteiger partial charge is 0.493 e.